The molecule has 4 nitrogen and oxygen atoms in total. The van der Waals surface area contributed by atoms with Gasteiger partial charge in [0.25, 0.3) is 0 Å². The third kappa shape index (κ3) is 9.57. The Balaban J connectivity index is 1.57. The van der Waals surface area contributed by atoms with Gasteiger partial charge in [-0.1, -0.05) is 56.0 Å². The Hall–Kier alpha value is -3.36. The summed E-state index contributed by atoms with van der Waals surface area (Å²) in [4.78, 5) is 12.3. The van der Waals surface area contributed by atoms with Crippen molar-refractivity contribution in [2.45, 2.75) is 83.2 Å². The van der Waals surface area contributed by atoms with Gasteiger partial charge in [0.2, 0.25) is 0 Å². The highest BCUT2D eigenvalue weighted by molar-refractivity contribution is 5.92. The fraction of sp³-hybridized carbons (Fsp3) is 0.500. The normalized spacial score (nSPS) is 12.7. The molecule has 9 heteroatoms. The number of carbonyl (C=O) groups is 1. The topological polar surface area (TPSA) is 44.8 Å². The van der Waals surface area contributed by atoms with E-state index in [1.54, 1.807) is 21.1 Å². The summed E-state index contributed by atoms with van der Waals surface area (Å²) in [6.07, 6.45) is -1.78. The van der Waals surface area contributed by atoms with Crippen LogP contribution >= 0.6 is 0 Å². The molecule has 0 bridgehead atoms. The maximum Gasteiger partial charge on any atom is 0.453 e. The molecule has 0 aliphatic carbocycles. The molecule has 0 saturated heterocycles. The first-order valence-electron chi connectivity index (χ1n) is 14.9. The van der Waals surface area contributed by atoms with Gasteiger partial charge in [-0.15, -0.1) is 0 Å². The first kappa shape index (κ1) is 34.1. The van der Waals surface area contributed by atoms with E-state index in [1.807, 2.05) is 24.3 Å². The van der Waals surface area contributed by atoms with E-state index in [2.05, 4.69) is 30.3 Å². The predicted octanol–water partition coefficient (Wildman–Crippen LogP) is 9.95. The highest BCUT2D eigenvalue weighted by Crippen LogP contribution is 2.40. The molecule has 236 valence electrons. The van der Waals surface area contributed by atoms with E-state index in [4.69, 9.17) is 14.2 Å². The van der Waals surface area contributed by atoms with E-state index >= 15 is 0 Å². The van der Waals surface area contributed by atoms with Crippen LogP contribution in [0.2, 0.25) is 0 Å². The number of unbranched alkanes of at least 4 members (excludes halogenated alkanes) is 4. The molecule has 0 aliphatic heterocycles. The maximum atomic E-state index is 13.3. The molecule has 0 aliphatic rings. The number of rotatable bonds is 17. The lowest BCUT2D eigenvalue weighted by Gasteiger charge is -2.21. The van der Waals surface area contributed by atoms with Gasteiger partial charge in [0.1, 0.15) is 11.5 Å². The van der Waals surface area contributed by atoms with Crippen LogP contribution < -0.4 is 9.47 Å². The number of halogens is 5. The Morgan fingerprint density at radius 3 is 2.05 bits per heavy atom. The number of esters is 1. The van der Waals surface area contributed by atoms with E-state index < -0.39 is 36.8 Å². The van der Waals surface area contributed by atoms with E-state index in [0.29, 0.717) is 12.8 Å². The van der Waals surface area contributed by atoms with Crippen molar-refractivity contribution in [1.29, 1.82) is 0 Å². The zero-order chi connectivity index (χ0) is 31.5. The number of hydrogen-bond donors (Lipinski definition) is 0. The Kier molecular flexibility index (Phi) is 12.6. The van der Waals surface area contributed by atoms with E-state index in [1.165, 1.54) is 10.9 Å². The summed E-state index contributed by atoms with van der Waals surface area (Å²) in [5.41, 5.74) is 3.52. The van der Waals surface area contributed by atoms with Crippen LogP contribution in [0.15, 0.2) is 54.6 Å². The van der Waals surface area contributed by atoms with Crippen molar-refractivity contribution < 1.29 is 41.0 Å². The molecule has 1 unspecified atom stereocenters. The first-order chi connectivity index (χ1) is 20.5. The van der Waals surface area contributed by atoms with Gasteiger partial charge >= 0.3 is 18.1 Å². The lowest BCUT2D eigenvalue weighted by atomic mass is 9.90. The van der Waals surface area contributed by atoms with Crippen LogP contribution in [-0.4, -0.2) is 38.9 Å². The number of hydrogen-bond acceptors (Lipinski definition) is 4. The molecule has 3 aromatic carbocycles. The third-order valence-corrected chi connectivity index (χ3v) is 7.80. The van der Waals surface area contributed by atoms with Gasteiger partial charge in [0.15, 0.2) is 0 Å². The fourth-order valence-electron chi connectivity index (χ4n) is 5.38. The van der Waals surface area contributed by atoms with Crippen LogP contribution in [-0.2, 0) is 16.0 Å². The van der Waals surface area contributed by atoms with Gasteiger partial charge in [-0.2, -0.15) is 22.0 Å². The van der Waals surface area contributed by atoms with Crippen LogP contribution in [0.4, 0.5) is 22.0 Å². The summed E-state index contributed by atoms with van der Waals surface area (Å²) in [6, 6.07) is 18.3. The highest BCUT2D eigenvalue weighted by atomic mass is 19.4. The first-order valence-corrected chi connectivity index (χ1v) is 14.9. The minimum atomic E-state index is -5.58. The SMILES string of the molecule is CCOC(=O)C(CCCCCCCc1c(-c2ccc(OC)cc2)ccc2cc(OC)ccc12)CCCC(F)(F)C(F)(F)F. The smallest absolute Gasteiger partial charge is 0.453 e. The Morgan fingerprint density at radius 2 is 1.40 bits per heavy atom. The molecule has 0 heterocycles. The second-order valence-corrected chi connectivity index (χ2v) is 10.8. The molecule has 3 rings (SSSR count). The minimum absolute atomic E-state index is 0.0511. The fourth-order valence-corrected chi connectivity index (χ4v) is 5.38. The standard InChI is InChI=1S/C34H41F5O4/c1-4-43-32(40)25(12-10-22-33(35,36)34(37,38)39)11-8-6-5-7-9-13-31-29(24-14-17-27(41-2)18-15-24)20-16-26-23-28(42-3)19-21-30(26)31/h14-21,23,25H,4-13,22H2,1-3H3. The molecular weight excluding hydrogens is 567 g/mol. The number of fused-ring (bicyclic) bond motifs is 1. The quantitative estimate of drug-likeness (QED) is 0.0869. The molecule has 0 spiro atoms. The molecule has 43 heavy (non-hydrogen) atoms. The Morgan fingerprint density at radius 1 is 0.767 bits per heavy atom. The largest absolute Gasteiger partial charge is 0.497 e. The monoisotopic (exact) mass is 608 g/mol. The average molecular weight is 609 g/mol. The number of ether oxygens (including phenoxy) is 3. The summed E-state index contributed by atoms with van der Waals surface area (Å²) in [6.45, 7) is 1.77. The molecule has 3 aromatic rings. The summed E-state index contributed by atoms with van der Waals surface area (Å²) in [5, 5.41) is 2.27. The number of carbonyl (C=O) groups excluding carboxylic acids is 1. The average Bonchev–Trinajstić information content (AvgIpc) is 2.98. The lowest BCUT2D eigenvalue weighted by molar-refractivity contribution is -0.284. The third-order valence-electron chi connectivity index (χ3n) is 7.80. The van der Waals surface area contributed by atoms with Gasteiger partial charge in [0, 0.05) is 6.42 Å². The number of aryl methyl sites for hydroxylation is 1. The summed E-state index contributed by atoms with van der Waals surface area (Å²) in [5.74, 6) is -4.37. The zero-order valence-electron chi connectivity index (χ0n) is 25.1. The summed E-state index contributed by atoms with van der Waals surface area (Å²) >= 11 is 0. The number of alkyl halides is 5. The second kappa shape index (κ2) is 15.9. The van der Waals surface area contributed by atoms with Crippen molar-refractivity contribution in [2.24, 2.45) is 5.92 Å². The van der Waals surface area contributed by atoms with Crippen LogP contribution in [0.1, 0.15) is 70.3 Å². The number of methoxy groups -OCH3 is 2. The van der Waals surface area contributed by atoms with E-state index in [-0.39, 0.29) is 13.0 Å². The molecule has 0 fully saturated rings. The molecule has 1 atom stereocenters. The lowest BCUT2D eigenvalue weighted by Crippen LogP contribution is -2.36. The van der Waals surface area contributed by atoms with Crippen LogP contribution in [0.5, 0.6) is 11.5 Å². The maximum absolute atomic E-state index is 13.3. The van der Waals surface area contributed by atoms with Gasteiger partial charge in [-0.25, -0.2) is 0 Å². The van der Waals surface area contributed by atoms with Crippen LogP contribution in [0.25, 0.3) is 21.9 Å². The van der Waals surface area contributed by atoms with E-state index in [9.17, 15) is 26.7 Å². The van der Waals surface area contributed by atoms with Crippen molar-refractivity contribution in [3.63, 3.8) is 0 Å². The minimum Gasteiger partial charge on any atom is -0.497 e. The molecule has 0 amide bonds. The Labute approximate surface area is 250 Å². The zero-order valence-corrected chi connectivity index (χ0v) is 25.1. The van der Waals surface area contributed by atoms with Crippen LogP contribution in [0, 0.1) is 5.92 Å². The van der Waals surface area contributed by atoms with Crippen molar-refractivity contribution in [2.75, 3.05) is 20.8 Å². The molecular formula is C34H41F5O4. The van der Waals surface area contributed by atoms with Crippen molar-refractivity contribution >= 4 is 16.7 Å². The summed E-state index contributed by atoms with van der Waals surface area (Å²) in [7, 11) is 3.29. The van der Waals surface area contributed by atoms with Gasteiger partial charge < -0.3 is 14.2 Å². The predicted molar refractivity (Wildman–Crippen MR) is 159 cm³/mol. The van der Waals surface area contributed by atoms with E-state index in [0.717, 1.165) is 60.1 Å². The van der Waals surface area contributed by atoms with Gasteiger partial charge in [0.05, 0.1) is 26.7 Å². The van der Waals surface area contributed by atoms with Crippen molar-refractivity contribution in [1.82, 2.24) is 0 Å². The molecule has 0 N–H and O–H groups in total. The van der Waals surface area contributed by atoms with Crippen molar-refractivity contribution in [3.05, 3.63) is 60.2 Å². The van der Waals surface area contributed by atoms with Gasteiger partial charge in [-0.05, 0) is 90.8 Å². The van der Waals surface area contributed by atoms with Gasteiger partial charge in [-0.3, -0.25) is 4.79 Å². The van der Waals surface area contributed by atoms with Crippen LogP contribution in [0.3, 0.4) is 0 Å². The number of benzene rings is 3. The second-order valence-electron chi connectivity index (χ2n) is 10.8. The Bertz CT molecular complexity index is 1300. The molecule has 0 saturated carbocycles. The highest BCUT2D eigenvalue weighted by Gasteiger charge is 2.56. The molecule has 0 radical (unpaired) electrons. The summed E-state index contributed by atoms with van der Waals surface area (Å²) < 4.78 is 79.8. The van der Waals surface area contributed by atoms with Crippen molar-refractivity contribution in [3.8, 4) is 22.6 Å². The molecule has 0 aromatic heterocycles.